The summed E-state index contributed by atoms with van der Waals surface area (Å²) in [5.74, 6) is -2.94. The molecule has 6 nitrogen and oxygen atoms in total. The Morgan fingerprint density at radius 3 is 2.53 bits per heavy atom. The van der Waals surface area contributed by atoms with E-state index in [-0.39, 0.29) is 39.6 Å². The first-order valence-corrected chi connectivity index (χ1v) is 10.2. The Labute approximate surface area is 195 Å². The van der Waals surface area contributed by atoms with Gasteiger partial charge >= 0.3 is 12.1 Å². The first-order valence-electron chi connectivity index (χ1n) is 9.05. The first-order chi connectivity index (χ1) is 15.0. The van der Waals surface area contributed by atoms with Crippen LogP contribution in [0.1, 0.15) is 12.0 Å². The lowest BCUT2D eigenvalue weighted by Crippen LogP contribution is -2.28. The van der Waals surface area contributed by atoms with E-state index in [9.17, 15) is 27.6 Å². The van der Waals surface area contributed by atoms with Crippen molar-refractivity contribution < 1.29 is 32.3 Å². The molecular formula is C20H14Cl3F3N2O4. The Morgan fingerprint density at radius 2 is 1.84 bits per heavy atom. The van der Waals surface area contributed by atoms with E-state index in [2.05, 4.69) is 5.32 Å². The van der Waals surface area contributed by atoms with E-state index >= 15 is 0 Å². The summed E-state index contributed by atoms with van der Waals surface area (Å²) in [4.78, 5) is 38.0. The number of hydrogen-bond donors (Lipinski definition) is 1. The van der Waals surface area contributed by atoms with Crippen LogP contribution in [0.4, 0.5) is 24.5 Å². The lowest BCUT2D eigenvalue weighted by Gasteiger charge is -2.18. The number of nitrogens with one attached hydrogen (secondary N) is 1. The van der Waals surface area contributed by atoms with E-state index in [1.54, 1.807) is 18.2 Å². The van der Waals surface area contributed by atoms with Gasteiger partial charge in [0.2, 0.25) is 5.91 Å². The van der Waals surface area contributed by atoms with Gasteiger partial charge in [0, 0.05) is 13.0 Å². The Hall–Kier alpha value is -2.49. The van der Waals surface area contributed by atoms with Crippen LogP contribution in [0.25, 0.3) is 0 Å². The van der Waals surface area contributed by atoms with Crippen molar-refractivity contribution in [3.8, 4) is 0 Å². The lowest BCUT2D eigenvalue weighted by atomic mass is 10.1. The molecule has 0 unspecified atom stereocenters. The molecule has 12 heteroatoms. The number of rotatable bonds is 5. The van der Waals surface area contributed by atoms with Crippen molar-refractivity contribution in [3.63, 3.8) is 0 Å². The summed E-state index contributed by atoms with van der Waals surface area (Å²) in [6.45, 7) is -0.799. The Bertz CT molecular complexity index is 1080. The maximum atomic E-state index is 12.8. The van der Waals surface area contributed by atoms with Crippen molar-refractivity contribution >= 4 is 64.0 Å². The summed E-state index contributed by atoms with van der Waals surface area (Å²) < 4.78 is 43.4. The van der Waals surface area contributed by atoms with Crippen LogP contribution in [0.5, 0.6) is 0 Å². The van der Waals surface area contributed by atoms with E-state index in [4.69, 9.17) is 39.5 Å². The number of hydrogen-bond acceptors (Lipinski definition) is 4. The highest BCUT2D eigenvalue weighted by Crippen LogP contribution is 2.36. The maximum Gasteiger partial charge on any atom is 0.416 e. The van der Waals surface area contributed by atoms with E-state index in [0.29, 0.717) is 11.8 Å². The van der Waals surface area contributed by atoms with Crippen molar-refractivity contribution in [2.45, 2.75) is 12.6 Å². The second-order valence-electron chi connectivity index (χ2n) is 6.83. The van der Waals surface area contributed by atoms with Gasteiger partial charge in [0.05, 0.1) is 37.9 Å². The average molecular weight is 510 g/mol. The summed E-state index contributed by atoms with van der Waals surface area (Å²) in [5, 5.41) is 2.46. The molecule has 0 bridgehead atoms. The number of carbonyl (C=O) groups is 3. The summed E-state index contributed by atoms with van der Waals surface area (Å²) in [7, 11) is 0. The normalized spacial score (nSPS) is 16.2. The third-order valence-electron chi connectivity index (χ3n) is 4.59. The molecule has 2 amide bonds. The van der Waals surface area contributed by atoms with Crippen molar-refractivity contribution in [1.82, 2.24) is 0 Å². The Kier molecular flexibility index (Phi) is 7.22. The largest absolute Gasteiger partial charge is 0.455 e. The molecule has 0 aliphatic carbocycles. The predicted molar refractivity (Wildman–Crippen MR) is 113 cm³/mol. The summed E-state index contributed by atoms with van der Waals surface area (Å²) >= 11 is 17.9. The van der Waals surface area contributed by atoms with Gasteiger partial charge in [0.15, 0.2) is 6.61 Å². The second-order valence-corrected chi connectivity index (χ2v) is 8.02. The van der Waals surface area contributed by atoms with Gasteiger partial charge in [-0.2, -0.15) is 13.2 Å². The lowest BCUT2D eigenvalue weighted by molar-refractivity contribution is -0.151. The molecule has 32 heavy (non-hydrogen) atoms. The molecule has 0 radical (unpaired) electrons. The highest BCUT2D eigenvalue weighted by Gasteiger charge is 2.37. The van der Waals surface area contributed by atoms with Crippen molar-refractivity contribution in [3.05, 3.63) is 57.0 Å². The van der Waals surface area contributed by atoms with Crippen LogP contribution in [0.15, 0.2) is 36.4 Å². The van der Waals surface area contributed by atoms with E-state index in [0.717, 1.165) is 12.1 Å². The smallest absolute Gasteiger partial charge is 0.416 e. The van der Waals surface area contributed by atoms with Crippen LogP contribution in [0.2, 0.25) is 15.1 Å². The second kappa shape index (κ2) is 9.56. The zero-order chi connectivity index (χ0) is 23.6. The number of anilines is 2. The van der Waals surface area contributed by atoms with Crippen LogP contribution in [-0.2, 0) is 25.3 Å². The number of halogens is 6. The van der Waals surface area contributed by atoms with Crippen LogP contribution in [-0.4, -0.2) is 30.9 Å². The van der Waals surface area contributed by atoms with E-state index in [1.807, 2.05) is 0 Å². The molecule has 0 saturated carbocycles. The molecule has 0 spiro atoms. The molecule has 1 N–H and O–H groups in total. The number of carbonyl (C=O) groups excluding carboxylic acids is 3. The molecule has 1 aliphatic rings. The highest BCUT2D eigenvalue weighted by atomic mass is 35.5. The number of esters is 1. The van der Waals surface area contributed by atoms with E-state index < -0.39 is 36.1 Å². The molecule has 1 fully saturated rings. The van der Waals surface area contributed by atoms with Gasteiger partial charge in [-0.3, -0.25) is 14.4 Å². The average Bonchev–Trinajstić information content (AvgIpc) is 3.10. The quantitative estimate of drug-likeness (QED) is 0.562. The van der Waals surface area contributed by atoms with E-state index in [1.165, 1.54) is 4.90 Å². The molecular weight excluding hydrogens is 496 g/mol. The monoisotopic (exact) mass is 508 g/mol. The highest BCUT2D eigenvalue weighted by molar-refractivity contribution is 6.44. The molecule has 1 saturated heterocycles. The Balaban J connectivity index is 1.59. The van der Waals surface area contributed by atoms with Gasteiger partial charge in [-0.05, 0) is 30.3 Å². The van der Waals surface area contributed by atoms with Gasteiger partial charge in [-0.25, -0.2) is 0 Å². The van der Waals surface area contributed by atoms with Crippen LogP contribution in [0.3, 0.4) is 0 Å². The molecule has 1 atom stereocenters. The maximum absolute atomic E-state index is 12.8. The predicted octanol–water partition coefficient (Wildman–Crippen LogP) is 5.20. The molecule has 170 valence electrons. The van der Waals surface area contributed by atoms with Crippen molar-refractivity contribution in [2.75, 3.05) is 23.4 Å². The fourth-order valence-corrected chi connectivity index (χ4v) is 3.60. The number of nitrogens with zero attached hydrogens (tertiary/aromatic N) is 1. The number of ether oxygens (including phenoxy) is 1. The molecule has 1 heterocycles. The van der Waals surface area contributed by atoms with Crippen LogP contribution >= 0.6 is 34.8 Å². The van der Waals surface area contributed by atoms with Gasteiger partial charge in [-0.15, -0.1) is 0 Å². The summed E-state index contributed by atoms with van der Waals surface area (Å²) in [6, 6.07) is 7.16. The SMILES string of the molecule is O=C(COC(=O)[C@@H]1CC(=O)N(c2cccc(Cl)c2Cl)C1)Nc1cc(C(F)(F)F)ccc1Cl. The van der Waals surface area contributed by atoms with Gasteiger partial charge in [0.25, 0.3) is 5.91 Å². The van der Waals surface area contributed by atoms with Gasteiger partial charge < -0.3 is 15.0 Å². The van der Waals surface area contributed by atoms with Gasteiger partial charge in [0.1, 0.15) is 0 Å². The fraction of sp³-hybridized carbons (Fsp3) is 0.250. The molecule has 2 aromatic rings. The first kappa shape index (κ1) is 24.2. The minimum Gasteiger partial charge on any atom is -0.455 e. The minimum absolute atomic E-state index is 0.0290. The minimum atomic E-state index is -4.62. The van der Waals surface area contributed by atoms with Gasteiger partial charge in [-0.1, -0.05) is 40.9 Å². The molecule has 2 aromatic carbocycles. The third-order valence-corrected chi connectivity index (χ3v) is 5.73. The standard InChI is InChI=1S/C20H14Cl3F3N2O4/c21-12-5-4-11(20(24,25)26)7-14(12)27-16(29)9-32-19(31)10-6-17(30)28(8-10)15-3-1-2-13(22)18(15)23/h1-5,7,10H,6,8-9H2,(H,27,29)/t10-/m1/s1. The zero-order valence-corrected chi connectivity index (χ0v) is 18.3. The summed E-state index contributed by atoms with van der Waals surface area (Å²) in [6.07, 6.45) is -4.79. The number of alkyl halides is 3. The van der Waals surface area contributed by atoms with Crippen molar-refractivity contribution in [2.24, 2.45) is 5.92 Å². The molecule has 3 rings (SSSR count). The fourth-order valence-electron chi connectivity index (χ4n) is 3.04. The Morgan fingerprint density at radius 1 is 1.12 bits per heavy atom. The van der Waals surface area contributed by atoms with Crippen LogP contribution in [0, 0.1) is 5.92 Å². The topological polar surface area (TPSA) is 75.7 Å². The van der Waals surface area contributed by atoms with Crippen LogP contribution < -0.4 is 10.2 Å². The summed E-state index contributed by atoms with van der Waals surface area (Å²) in [5.41, 5.74) is -0.935. The van der Waals surface area contributed by atoms with Crippen molar-refractivity contribution in [1.29, 1.82) is 0 Å². The molecule has 1 aliphatic heterocycles. The molecule has 0 aromatic heterocycles. The third kappa shape index (κ3) is 5.46. The number of benzene rings is 2. The zero-order valence-electron chi connectivity index (χ0n) is 16.0. The number of amides is 2.